The summed E-state index contributed by atoms with van der Waals surface area (Å²) in [4.78, 5) is 42.9. The van der Waals surface area contributed by atoms with Gasteiger partial charge in [-0.3, -0.25) is 19.3 Å². The van der Waals surface area contributed by atoms with E-state index in [1.807, 2.05) is 19.0 Å². The van der Waals surface area contributed by atoms with Crippen LogP contribution in [0.3, 0.4) is 0 Å². The number of hydrogen-bond acceptors (Lipinski definition) is 10. The highest BCUT2D eigenvalue weighted by Crippen LogP contribution is 2.54. The van der Waals surface area contributed by atoms with Crippen LogP contribution in [-0.2, 0) is 27.3 Å². The smallest absolute Gasteiger partial charge is 0.255 e. The number of carbonyl (C=O) groups excluding carboxylic acids is 3. The third-order valence-electron chi connectivity index (χ3n) is 10.2. The number of ketones is 2. The lowest BCUT2D eigenvalue weighted by Gasteiger charge is -2.50. The van der Waals surface area contributed by atoms with Crippen LogP contribution in [0, 0.1) is 17.3 Å². The van der Waals surface area contributed by atoms with Crippen LogP contribution in [0.2, 0.25) is 0 Å². The maximum absolute atomic E-state index is 14.0. The number of phenolic OH excluding ortho intramolecular Hbond substituents is 1. The maximum atomic E-state index is 14.0. The molecule has 1 aromatic carbocycles. The summed E-state index contributed by atoms with van der Waals surface area (Å²) in [7, 11) is 6.93. The summed E-state index contributed by atoms with van der Waals surface area (Å²) in [5.74, 6) is -6.52. The Bertz CT molecular complexity index is 1420. The fraction of sp³-hybridized carbons (Fsp3) is 0.581. The number of phenols is 1. The highest BCUT2D eigenvalue weighted by Gasteiger charge is 2.64. The molecule has 0 bridgehead atoms. The first kappa shape index (κ1) is 30.1. The number of likely N-dealkylation sites (N-methyl/N-ethyl adjacent to an activating group) is 1. The molecule has 228 valence electrons. The topological polar surface area (TPSA) is 177 Å². The molecule has 4 aliphatic carbocycles. The van der Waals surface area contributed by atoms with Crippen molar-refractivity contribution < 1.29 is 34.8 Å². The first-order valence-corrected chi connectivity index (χ1v) is 14.6. The lowest BCUT2D eigenvalue weighted by Crippen LogP contribution is -2.65. The summed E-state index contributed by atoms with van der Waals surface area (Å²) >= 11 is 0. The van der Waals surface area contributed by atoms with E-state index in [9.17, 15) is 34.8 Å². The molecule has 1 amide bonds. The highest BCUT2D eigenvalue weighted by molar-refractivity contribution is 6.24. The molecule has 42 heavy (non-hydrogen) atoms. The third kappa shape index (κ3) is 4.24. The van der Waals surface area contributed by atoms with Crippen molar-refractivity contribution >= 4 is 28.9 Å². The number of primary amides is 1. The fourth-order valence-corrected chi connectivity index (χ4v) is 7.85. The van der Waals surface area contributed by atoms with Crippen LogP contribution < -0.4 is 16.0 Å². The van der Waals surface area contributed by atoms with Gasteiger partial charge >= 0.3 is 0 Å². The Morgan fingerprint density at radius 3 is 2.33 bits per heavy atom. The van der Waals surface area contributed by atoms with Crippen molar-refractivity contribution in [2.75, 3.05) is 39.6 Å². The highest BCUT2D eigenvalue weighted by atomic mass is 16.3. The number of aliphatic hydroxyl groups excluding tert-OH is 2. The average Bonchev–Trinajstić information content (AvgIpc) is 2.87. The van der Waals surface area contributed by atoms with Crippen LogP contribution >= 0.6 is 0 Å². The van der Waals surface area contributed by atoms with Crippen molar-refractivity contribution in [2.45, 2.75) is 63.6 Å². The van der Waals surface area contributed by atoms with E-state index in [1.54, 1.807) is 20.2 Å². The molecule has 7 N–H and O–H groups in total. The van der Waals surface area contributed by atoms with Crippen molar-refractivity contribution in [2.24, 2.45) is 23.0 Å². The van der Waals surface area contributed by atoms with Crippen LogP contribution in [0.5, 0.6) is 5.75 Å². The Kier molecular flexibility index (Phi) is 7.44. The zero-order valence-electron chi connectivity index (χ0n) is 25.0. The fourth-order valence-electron chi connectivity index (χ4n) is 7.85. The molecule has 2 fully saturated rings. The van der Waals surface area contributed by atoms with Gasteiger partial charge in [0.15, 0.2) is 11.4 Å². The Morgan fingerprint density at radius 1 is 1.14 bits per heavy atom. The van der Waals surface area contributed by atoms with Crippen molar-refractivity contribution in [3.05, 3.63) is 39.7 Å². The minimum atomic E-state index is -2.65. The van der Waals surface area contributed by atoms with Crippen LogP contribution in [0.25, 0.3) is 5.76 Å². The average molecular weight is 583 g/mol. The minimum Gasteiger partial charge on any atom is -0.508 e. The van der Waals surface area contributed by atoms with E-state index < -0.39 is 58.0 Å². The summed E-state index contributed by atoms with van der Waals surface area (Å²) in [6.45, 7) is 3.58. The number of benzene rings is 1. The zero-order valence-corrected chi connectivity index (χ0v) is 25.0. The standard InChI is InChI=1S/C31H42N4O7/c1-6-30(8-7-9-30)14-33-13-16-12-19(36)21-17(23(16)34(2)3)10-15-11-18-24(35(4)5)26(38)22(29(32)41)28(40)31(18,42)27(39)20(15)25(21)37/h12,15,18,24,33,36-37,40,42H,6-11,13-14H2,1-5H3,(H2,32,41)/t15-,18-,24-,31-/m0/s1. The molecule has 0 spiro atoms. The molecule has 0 heterocycles. The van der Waals surface area contributed by atoms with Gasteiger partial charge in [0.2, 0.25) is 5.78 Å². The summed E-state index contributed by atoms with van der Waals surface area (Å²) in [6.07, 6.45) is 5.03. The monoisotopic (exact) mass is 582 g/mol. The van der Waals surface area contributed by atoms with Gasteiger partial charge in [-0.2, -0.15) is 0 Å². The summed E-state index contributed by atoms with van der Waals surface area (Å²) in [6, 6.07) is 0.476. The molecule has 11 nitrogen and oxygen atoms in total. The van der Waals surface area contributed by atoms with Crippen LogP contribution in [0.15, 0.2) is 23.0 Å². The molecule has 5 rings (SSSR count). The Hall–Kier alpha value is -3.41. The number of nitrogens with two attached hydrogens (primary N) is 1. The van der Waals surface area contributed by atoms with Gasteiger partial charge < -0.3 is 36.4 Å². The minimum absolute atomic E-state index is 0.0564. The molecule has 2 saturated carbocycles. The number of amides is 1. The van der Waals surface area contributed by atoms with Gasteiger partial charge in [-0.1, -0.05) is 13.3 Å². The molecule has 0 radical (unpaired) electrons. The lowest BCUT2D eigenvalue weighted by molar-refractivity contribution is -0.153. The van der Waals surface area contributed by atoms with Crippen molar-refractivity contribution in [1.82, 2.24) is 10.2 Å². The third-order valence-corrected chi connectivity index (χ3v) is 10.2. The number of hydrogen-bond donors (Lipinski definition) is 6. The van der Waals surface area contributed by atoms with Gasteiger partial charge in [-0.05, 0) is 74.7 Å². The number of Topliss-reactive ketones (excluding diaryl/α,β-unsaturated/α-hetero) is 2. The largest absolute Gasteiger partial charge is 0.508 e. The second-order valence-electron chi connectivity index (χ2n) is 12.9. The van der Waals surface area contributed by atoms with Gasteiger partial charge in [0.05, 0.1) is 11.6 Å². The van der Waals surface area contributed by atoms with E-state index in [1.165, 1.54) is 24.2 Å². The number of anilines is 1. The maximum Gasteiger partial charge on any atom is 0.255 e. The zero-order chi connectivity index (χ0) is 30.9. The molecule has 0 aromatic heterocycles. The molecule has 0 aliphatic heterocycles. The van der Waals surface area contributed by atoms with E-state index in [0.717, 1.165) is 24.2 Å². The first-order valence-electron chi connectivity index (χ1n) is 14.6. The van der Waals surface area contributed by atoms with E-state index in [-0.39, 0.29) is 29.7 Å². The number of aromatic hydroxyl groups is 1. The van der Waals surface area contributed by atoms with E-state index >= 15 is 0 Å². The van der Waals surface area contributed by atoms with Crippen LogP contribution in [0.4, 0.5) is 5.69 Å². The Balaban J connectivity index is 1.61. The number of rotatable bonds is 8. The Labute approximate surface area is 245 Å². The molecule has 11 heteroatoms. The molecule has 0 saturated heterocycles. The van der Waals surface area contributed by atoms with Gasteiger partial charge in [0.25, 0.3) is 5.91 Å². The van der Waals surface area contributed by atoms with E-state index in [0.29, 0.717) is 17.5 Å². The quantitative estimate of drug-likeness (QED) is 0.247. The number of nitrogens with one attached hydrogen (secondary N) is 1. The number of aliphatic hydroxyl groups is 3. The molecule has 1 aromatic rings. The van der Waals surface area contributed by atoms with Crippen molar-refractivity contribution in [3.63, 3.8) is 0 Å². The predicted molar refractivity (Wildman–Crippen MR) is 157 cm³/mol. The van der Waals surface area contributed by atoms with Crippen molar-refractivity contribution in [3.8, 4) is 5.75 Å². The Morgan fingerprint density at radius 2 is 1.81 bits per heavy atom. The number of fused-ring (bicyclic) bond motifs is 3. The first-order chi connectivity index (χ1) is 19.7. The molecule has 4 aliphatic rings. The van der Waals surface area contributed by atoms with E-state index in [4.69, 9.17) is 5.73 Å². The second kappa shape index (κ2) is 10.4. The lowest BCUT2D eigenvalue weighted by atomic mass is 9.57. The van der Waals surface area contributed by atoms with Gasteiger partial charge in [-0.25, -0.2) is 0 Å². The van der Waals surface area contributed by atoms with Crippen LogP contribution in [0.1, 0.15) is 55.7 Å². The summed E-state index contributed by atoms with van der Waals surface area (Å²) in [5, 5.41) is 49.1. The van der Waals surface area contributed by atoms with Gasteiger partial charge in [-0.15, -0.1) is 0 Å². The van der Waals surface area contributed by atoms with Gasteiger partial charge in [0.1, 0.15) is 22.8 Å². The van der Waals surface area contributed by atoms with Gasteiger partial charge in [0, 0.05) is 44.4 Å². The predicted octanol–water partition coefficient (Wildman–Crippen LogP) is 1.70. The molecule has 4 atom stereocenters. The van der Waals surface area contributed by atoms with E-state index in [2.05, 4.69) is 12.2 Å². The second-order valence-corrected chi connectivity index (χ2v) is 12.9. The number of carbonyl (C=O) groups is 3. The summed E-state index contributed by atoms with van der Waals surface area (Å²) in [5.41, 5.74) is 4.51. The van der Waals surface area contributed by atoms with Crippen LogP contribution in [-0.4, -0.2) is 89.2 Å². The SMILES string of the molecule is CCC1(CNCc2cc(O)c3c(c2N(C)C)C[C@H]2C[C@H]4[C@H](N(C)C)C(=O)C(C(N)=O)=C(O)[C@@]4(O)C(=O)C2=C3O)CCC1. The summed E-state index contributed by atoms with van der Waals surface area (Å²) < 4.78 is 0. The molecular weight excluding hydrogens is 540 g/mol. The normalized spacial score (nSPS) is 28.3. The molecule has 0 unspecified atom stereocenters. The molecular formula is C31H42N4O7. The van der Waals surface area contributed by atoms with Crippen molar-refractivity contribution in [1.29, 1.82) is 0 Å². The number of nitrogens with zero attached hydrogens (tertiary/aromatic N) is 2.